The van der Waals surface area contributed by atoms with Gasteiger partial charge in [0.25, 0.3) is 0 Å². The number of nitrogens with two attached hydrogens (primary N) is 1. The molecule has 0 spiro atoms. The second-order valence-corrected chi connectivity index (χ2v) is 5.28. The van der Waals surface area contributed by atoms with Gasteiger partial charge in [0.05, 0.1) is 17.2 Å². The first-order valence-corrected chi connectivity index (χ1v) is 6.00. The highest BCUT2D eigenvalue weighted by Gasteiger charge is 2.17. The molecule has 8 nitrogen and oxygen atoms in total. The fraction of sp³-hybridized carbons (Fsp3) is 0.500. The first-order valence-electron chi connectivity index (χ1n) is 3.94. The number of nitrogen functional groups attached to an aromatic ring is 1. The van der Waals surface area contributed by atoms with E-state index in [4.69, 9.17) is 5.73 Å². The quantitative estimate of drug-likeness (QED) is 0.549. The molecule has 2 N–H and O–H groups in total. The van der Waals surface area contributed by atoms with Crippen LogP contribution < -0.4 is 5.73 Å². The SMILES string of the molecule is CS(=O)(=O)CCn1ncc([N+](=O)[O-])c1N. The molecule has 1 aromatic heterocycles. The first kappa shape index (κ1) is 11.4. The van der Waals surface area contributed by atoms with E-state index in [1.54, 1.807) is 0 Å². The minimum absolute atomic E-state index is 0.0124. The van der Waals surface area contributed by atoms with Crippen molar-refractivity contribution in [3.8, 4) is 0 Å². The Kier molecular flexibility index (Phi) is 2.93. The molecular formula is C6H10N4O4S. The molecule has 0 fully saturated rings. The highest BCUT2D eigenvalue weighted by atomic mass is 32.2. The van der Waals surface area contributed by atoms with Crippen molar-refractivity contribution in [2.45, 2.75) is 6.54 Å². The zero-order valence-electron chi connectivity index (χ0n) is 7.95. The van der Waals surface area contributed by atoms with Crippen LogP contribution in [0, 0.1) is 10.1 Å². The lowest BCUT2D eigenvalue weighted by Crippen LogP contribution is -2.14. The fourth-order valence-electron chi connectivity index (χ4n) is 0.956. The van der Waals surface area contributed by atoms with E-state index >= 15 is 0 Å². The van der Waals surface area contributed by atoms with Gasteiger partial charge in [-0.25, -0.2) is 13.1 Å². The topological polar surface area (TPSA) is 121 Å². The highest BCUT2D eigenvalue weighted by molar-refractivity contribution is 7.90. The predicted molar refractivity (Wildman–Crippen MR) is 53.0 cm³/mol. The lowest BCUT2D eigenvalue weighted by Gasteiger charge is -2.01. The van der Waals surface area contributed by atoms with Crippen molar-refractivity contribution in [1.29, 1.82) is 0 Å². The van der Waals surface area contributed by atoms with E-state index in [2.05, 4.69) is 5.10 Å². The van der Waals surface area contributed by atoms with E-state index in [0.717, 1.165) is 17.1 Å². The van der Waals surface area contributed by atoms with Gasteiger partial charge in [-0.3, -0.25) is 10.1 Å². The third kappa shape index (κ3) is 2.91. The average molecular weight is 234 g/mol. The van der Waals surface area contributed by atoms with Gasteiger partial charge in [-0.15, -0.1) is 0 Å². The summed E-state index contributed by atoms with van der Waals surface area (Å²) in [5.74, 6) is -0.292. The maximum Gasteiger partial charge on any atom is 0.330 e. The third-order valence-electron chi connectivity index (χ3n) is 1.73. The Morgan fingerprint density at radius 1 is 1.67 bits per heavy atom. The zero-order valence-corrected chi connectivity index (χ0v) is 8.77. The van der Waals surface area contributed by atoms with E-state index in [1.807, 2.05) is 0 Å². The van der Waals surface area contributed by atoms with Crippen LogP contribution in [0.2, 0.25) is 0 Å². The summed E-state index contributed by atoms with van der Waals surface area (Å²) in [4.78, 5) is 9.72. The molecule has 9 heteroatoms. The molecule has 1 heterocycles. The zero-order chi connectivity index (χ0) is 11.6. The molecule has 0 radical (unpaired) electrons. The number of nitrogens with zero attached hydrogens (tertiary/aromatic N) is 3. The van der Waals surface area contributed by atoms with E-state index < -0.39 is 14.8 Å². The van der Waals surface area contributed by atoms with Crippen LogP contribution in [0.25, 0.3) is 0 Å². The minimum atomic E-state index is -3.14. The standard InChI is InChI=1S/C6H10N4O4S/c1-15(13,14)3-2-9-6(7)5(4-8-9)10(11)12/h4H,2-3,7H2,1H3. The Hall–Kier alpha value is -1.64. The summed E-state index contributed by atoms with van der Waals surface area (Å²) in [5.41, 5.74) is 5.08. The molecule has 15 heavy (non-hydrogen) atoms. The van der Waals surface area contributed by atoms with Crippen LogP contribution in [-0.2, 0) is 16.4 Å². The summed E-state index contributed by atoms with van der Waals surface area (Å²) >= 11 is 0. The Bertz CT molecular complexity index is 477. The van der Waals surface area contributed by atoms with Crippen LogP contribution in [-0.4, -0.2) is 35.1 Å². The number of aryl methyl sites for hydroxylation is 1. The minimum Gasteiger partial charge on any atom is -0.378 e. The van der Waals surface area contributed by atoms with E-state index in [0.29, 0.717) is 0 Å². The molecule has 1 aromatic rings. The van der Waals surface area contributed by atoms with Crippen LogP contribution in [0.5, 0.6) is 0 Å². The molecule has 0 saturated heterocycles. The maximum absolute atomic E-state index is 10.8. The van der Waals surface area contributed by atoms with Crippen LogP contribution in [0.4, 0.5) is 11.5 Å². The molecule has 0 bridgehead atoms. The van der Waals surface area contributed by atoms with E-state index in [1.165, 1.54) is 0 Å². The van der Waals surface area contributed by atoms with E-state index in [-0.39, 0.29) is 23.8 Å². The number of hydrogen-bond donors (Lipinski definition) is 1. The Balaban J connectivity index is 2.84. The molecule has 0 amide bonds. The number of sulfone groups is 1. The molecule has 0 atom stereocenters. The number of nitro groups is 1. The molecule has 84 valence electrons. The third-order valence-corrected chi connectivity index (χ3v) is 2.65. The van der Waals surface area contributed by atoms with Crippen molar-refractivity contribution in [2.24, 2.45) is 0 Å². The molecule has 0 aliphatic heterocycles. The lowest BCUT2D eigenvalue weighted by atomic mass is 10.5. The molecule has 0 aliphatic rings. The fourth-order valence-corrected chi connectivity index (χ4v) is 1.46. The smallest absolute Gasteiger partial charge is 0.330 e. The summed E-state index contributed by atoms with van der Waals surface area (Å²) in [7, 11) is -3.14. The van der Waals surface area contributed by atoms with Crippen molar-refractivity contribution < 1.29 is 13.3 Å². The van der Waals surface area contributed by atoms with Crippen LogP contribution in [0.15, 0.2) is 6.20 Å². The van der Waals surface area contributed by atoms with Crippen molar-refractivity contribution >= 4 is 21.3 Å². The van der Waals surface area contributed by atoms with Gasteiger partial charge in [-0.2, -0.15) is 5.10 Å². The van der Waals surface area contributed by atoms with Gasteiger partial charge in [-0.1, -0.05) is 0 Å². The van der Waals surface area contributed by atoms with Crippen molar-refractivity contribution in [2.75, 3.05) is 17.7 Å². The second-order valence-electron chi connectivity index (χ2n) is 3.03. The molecule has 0 unspecified atom stereocenters. The largest absolute Gasteiger partial charge is 0.378 e. The van der Waals surface area contributed by atoms with Crippen molar-refractivity contribution in [3.05, 3.63) is 16.3 Å². The van der Waals surface area contributed by atoms with Crippen LogP contribution in [0.1, 0.15) is 0 Å². The summed E-state index contributed by atoms with van der Waals surface area (Å²) in [6, 6.07) is 0. The van der Waals surface area contributed by atoms with Gasteiger partial charge < -0.3 is 5.73 Å². The van der Waals surface area contributed by atoms with Gasteiger partial charge >= 0.3 is 5.69 Å². The molecule has 1 rings (SSSR count). The maximum atomic E-state index is 10.8. The average Bonchev–Trinajstić information content (AvgIpc) is 2.42. The molecule has 0 aliphatic carbocycles. The number of aromatic nitrogens is 2. The van der Waals surface area contributed by atoms with Crippen molar-refractivity contribution in [3.63, 3.8) is 0 Å². The Morgan fingerprint density at radius 2 is 2.27 bits per heavy atom. The summed E-state index contributed by atoms with van der Waals surface area (Å²) in [6.45, 7) is 0.0124. The van der Waals surface area contributed by atoms with Gasteiger partial charge in [0, 0.05) is 6.26 Å². The number of hydrogen-bond acceptors (Lipinski definition) is 6. The highest BCUT2D eigenvalue weighted by Crippen LogP contribution is 2.19. The van der Waals surface area contributed by atoms with Crippen LogP contribution >= 0.6 is 0 Å². The van der Waals surface area contributed by atoms with Gasteiger partial charge in [0.1, 0.15) is 16.0 Å². The van der Waals surface area contributed by atoms with Crippen LogP contribution in [0.3, 0.4) is 0 Å². The molecule has 0 saturated carbocycles. The monoisotopic (exact) mass is 234 g/mol. The molecular weight excluding hydrogens is 224 g/mol. The first-order chi connectivity index (χ1) is 6.81. The lowest BCUT2D eigenvalue weighted by molar-refractivity contribution is -0.384. The van der Waals surface area contributed by atoms with Gasteiger partial charge in [0.2, 0.25) is 5.82 Å². The van der Waals surface area contributed by atoms with Crippen molar-refractivity contribution in [1.82, 2.24) is 9.78 Å². The summed E-state index contributed by atoms with van der Waals surface area (Å²) < 4.78 is 22.8. The Morgan fingerprint density at radius 3 is 2.67 bits per heavy atom. The van der Waals surface area contributed by atoms with E-state index in [9.17, 15) is 18.5 Å². The van der Waals surface area contributed by atoms with Gasteiger partial charge in [0.15, 0.2) is 0 Å². The second kappa shape index (κ2) is 3.85. The summed E-state index contributed by atoms with van der Waals surface area (Å²) in [5, 5.41) is 14.0. The molecule has 0 aromatic carbocycles. The van der Waals surface area contributed by atoms with Gasteiger partial charge in [-0.05, 0) is 0 Å². The number of anilines is 1. The number of rotatable bonds is 4. The Labute approximate surface area is 85.8 Å². The predicted octanol–water partition coefficient (Wildman–Crippen LogP) is -0.582. The normalized spacial score (nSPS) is 11.5. The summed E-state index contributed by atoms with van der Waals surface area (Å²) in [6.07, 6.45) is 2.07.